The number of carbonyl (C=O) groups is 2. The van der Waals surface area contributed by atoms with Crippen LogP contribution in [0.4, 0.5) is 5.00 Å². The summed E-state index contributed by atoms with van der Waals surface area (Å²) < 4.78 is 5.37. The number of nitrogens with one attached hydrogen (secondary N) is 1. The average Bonchev–Trinajstić information content (AvgIpc) is 3.29. The van der Waals surface area contributed by atoms with Crippen LogP contribution in [0.2, 0.25) is 0 Å². The van der Waals surface area contributed by atoms with E-state index in [9.17, 15) is 9.59 Å². The molecule has 0 radical (unpaired) electrons. The maximum absolute atomic E-state index is 12.5. The van der Waals surface area contributed by atoms with Gasteiger partial charge in [0.05, 0.1) is 6.10 Å². The van der Waals surface area contributed by atoms with Gasteiger partial charge < -0.3 is 10.1 Å². The molecule has 0 atom stereocenters. The van der Waals surface area contributed by atoms with Crippen LogP contribution in [0, 0.1) is 5.92 Å². The second kappa shape index (κ2) is 6.54. The second-order valence-electron chi connectivity index (χ2n) is 5.94. The van der Waals surface area contributed by atoms with Gasteiger partial charge in [0, 0.05) is 16.9 Å². The van der Waals surface area contributed by atoms with Crippen LogP contribution in [-0.4, -0.2) is 18.0 Å². The third kappa shape index (κ3) is 3.62. The first-order valence-electron chi connectivity index (χ1n) is 7.75. The molecule has 1 fully saturated rings. The Hall–Kier alpha value is -2.14. The summed E-state index contributed by atoms with van der Waals surface area (Å²) in [4.78, 5) is 24.6. The van der Waals surface area contributed by atoms with Crippen molar-refractivity contribution in [2.24, 2.45) is 5.92 Å². The van der Waals surface area contributed by atoms with Gasteiger partial charge in [0.15, 0.2) is 0 Å². The number of hydrogen-bond acceptors (Lipinski definition) is 4. The molecule has 1 aliphatic rings. The Morgan fingerprint density at radius 3 is 2.52 bits per heavy atom. The Labute approximate surface area is 139 Å². The minimum absolute atomic E-state index is 0.00920. The first-order chi connectivity index (χ1) is 11.1. The number of anilines is 1. The van der Waals surface area contributed by atoms with Crippen LogP contribution in [0.25, 0.3) is 11.1 Å². The Bertz CT molecular complexity index is 717. The molecule has 0 unspecified atom stereocenters. The highest BCUT2D eigenvalue weighted by Crippen LogP contribution is 2.38. The largest absolute Gasteiger partial charge is 0.459 e. The fourth-order valence-electron chi connectivity index (χ4n) is 2.32. The van der Waals surface area contributed by atoms with Gasteiger partial charge >= 0.3 is 5.97 Å². The summed E-state index contributed by atoms with van der Waals surface area (Å²) in [6, 6.07) is 9.67. The van der Waals surface area contributed by atoms with Crippen LogP contribution >= 0.6 is 11.3 Å². The number of thiophene rings is 1. The SMILES string of the molecule is CC(C)OC(=O)c1c(-c2ccccc2)csc1NC(=O)C1CC1. The Balaban J connectivity index is 1.97. The molecule has 1 aliphatic carbocycles. The van der Waals surface area contributed by atoms with E-state index in [-0.39, 0.29) is 17.9 Å². The van der Waals surface area contributed by atoms with Crippen molar-refractivity contribution in [3.63, 3.8) is 0 Å². The summed E-state index contributed by atoms with van der Waals surface area (Å²) in [7, 11) is 0. The Morgan fingerprint density at radius 1 is 1.22 bits per heavy atom. The molecule has 2 aromatic rings. The Morgan fingerprint density at radius 2 is 1.91 bits per heavy atom. The summed E-state index contributed by atoms with van der Waals surface area (Å²) in [6.07, 6.45) is 1.64. The Kier molecular flexibility index (Phi) is 4.48. The molecule has 0 bridgehead atoms. The van der Waals surface area contributed by atoms with Crippen molar-refractivity contribution in [1.82, 2.24) is 0 Å². The fourth-order valence-corrected chi connectivity index (χ4v) is 3.28. The van der Waals surface area contributed by atoms with Crippen LogP contribution < -0.4 is 5.32 Å². The summed E-state index contributed by atoms with van der Waals surface area (Å²) in [5.74, 6) is -0.317. The molecule has 5 heteroatoms. The van der Waals surface area contributed by atoms with E-state index in [4.69, 9.17) is 4.74 Å². The lowest BCUT2D eigenvalue weighted by molar-refractivity contribution is -0.117. The molecule has 1 aromatic carbocycles. The number of esters is 1. The van der Waals surface area contributed by atoms with Gasteiger partial charge in [0.1, 0.15) is 10.6 Å². The maximum atomic E-state index is 12.5. The summed E-state index contributed by atoms with van der Waals surface area (Å²) in [6.45, 7) is 3.63. The number of ether oxygens (including phenoxy) is 1. The molecular weight excluding hydrogens is 310 g/mol. The van der Waals surface area contributed by atoms with Gasteiger partial charge in [-0.15, -0.1) is 11.3 Å². The molecule has 0 saturated heterocycles. The predicted molar refractivity (Wildman–Crippen MR) is 91.7 cm³/mol. The van der Waals surface area contributed by atoms with E-state index < -0.39 is 5.97 Å². The normalized spacial score (nSPS) is 13.9. The van der Waals surface area contributed by atoms with E-state index in [1.165, 1.54) is 11.3 Å². The van der Waals surface area contributed by atoms with E-state index in [1.807, 2.05) is 49.6 Å². The molecule has 0 spiro atoms. The molecule has 23 heavy (non-hydrogen) atoms. The van der Waals surface area contributed by atoms with Gasteiger partial charge in [-0.05, 0) is 32.3 Å². The second-order valence-corrected chi connectivity index (χ2v) is 6.82. The highest BCUT2D eigenvalue weighted by Gasteiger charge is 2.31. The lowest BCUT2D eigenvalue weighted by Gasteiger charge is -2.11. The highest BCUT2D eigenvalue weighted by molar-refractivity contribution is 7.15. The number of carbonyl (C=O) groups excluding carboxylic acids is 2. The molecule has 0 aliphatic heterocycles. The van der Waals surface area contributed by atoms with Gasteiger partial charge in [-0.25, -0.2) is 4.79 Å². The molecule has 1 amide bonds. The van der Waals surface area contributed by atoms with Crippen molar-refractivity contribution >= 4 is 28.2 Å². The summed E-state index contributed by atoms with van der Waals surface area (Å²) in [5.41, 5.74) is 2.18. The zero-order valence-corrected chi connectivity index (χ0v) is 14.0. The average molecular weight is 329 g/mol. The quantitative estimate of drug-likeness (QED) is 0.831. The van der Waals surface area contributed by atoms with Crippen molar-refractivity contribution in [2.45, 2.75) is 32.8 Å². The molecular formula is C18H19NO3S. The van der Waals surface area contributed by atoms with E-state index in [0.29, 0.717) is 10.6 Å². The van der Waals surface area contributed by atoms with Crippen LogP contribution in [0.5, 0.6) is 0 Å². The number of rotatable bonds is 5. The van der Waals surface area contributed by atoms with Crippen LogP contribution in [0.1, 0.15) is 37.0 Å². The van der Waals surface area contributed by atoms with Crippen molar-refractivity contribution in [3.8, 4) is 11.1 Å². The van der Waals surface area contributed by atoms with Gasteiger partial charge in [-0.2, -0.15) is 0 Å². The highest BCUT2D eigenvalue weighted by atomic mass is 32.1. The van der Waals surface area contributed by atoms with Crippen LogP contribution in [0.15, 0.2) is 35.7 Å². The number of amides is 1. The first-order valence-corrected chi connectivity index (χ1v) is 8.63. The summed E-state index contributed by atoms with van der Waals surface area (Å²) in [5, 5.41) is 5.37. The van der Waals surface area contributed by atoms with E-state index >= 15 is 0 Å². The molecule has 1 aromatic heterocycles. The van der Waals surface area contributed by atoms with Crippen molar-refractivity contribution in [3.05, 3.63) is 41.3 Å². The zero-order valence-electron chi connectivity index (χ0n) is 13.2. The molecule has 3 rings (SSSR count). The number of hydrogen-bond donors (Lipinski definition) is 1. The van der Waals surface area contributed by atoms with Gasteiger partial charge in [-0.1, -0.05) is 30.3 Å². The summed E-state index contributed by atoms with van der Waals surface area (Å²) >= 11 is 1.37. The van der Waals surface area contributed by atoms with E-state index in [2.05, 4.69) is 5.32 Å². The lowest BCUT2D eigenvalue weighted by Crippen LogP contribution is -2.17. The predicted octanol–water partition coefficient (Wildman–Crippen LogP) is 4.33. The van der Waals surface area contributed by atoms with Crippen molar-refractivity contribution < 1.29 is 14.3 Å². The topological polar surface area (TPSA) is 55.4 Å². The van der Waals surface area contributed by atoms with E-state index in [0.717, 1.165) is 24.0 Å². The molecule has 4 nitrogen and oxygen atoms in total. The standard InChI is InChI=1S/C18H19NO3S/c1-11(2)22-18(21)15-14(12-6-4-3-5-7-12)10-23-17(15)19-16(20)13-8-9-13/h3-7,10-11,13H,8-9H2,1-2H3,(H,19,20). The van der Waals surface area contributed by atoms with Gasteiger partial charge in [0.2, 0.25) is 5.91 Å². The smallest absolute Gasteiger partial charge is 0.342 e. The third-order valence-electron chi connectivity index (χ3n) is 3.61. The fraction of sp³-hybridized carbons (Fsp3) is 0.333. The van der Waals surface area contributed by atoms with Gasteiger partial charge in [0.25, 0.3) is 0 Å². The molecule has 1 heterocycles. The lowest BCUT2D eigenvalue weighted by atomic mass is 10.0. The van der Waals surface area contributed by atoms with Crippen molar-refractivity contribution in [2.75, 3.05) is 5.32 Å². The maximum Gasteiger partial charge on any atom is 0.342 e. The van der Waals surface area contributed by atoms with E-state index in [1.54, 1.807) is 0 Å². The molecule has 1 saturated carbocycles. The third-order valence-corrected chi connectivity index (χ3v) is 4.50. The molecule has 1 N–H and O–H groups in total. The first kappa shape index (κ1) is 15.7. The zero-order chi connectivity index (χ0) is 16.4. The van der Waals surface area contributed by atoms with Crippen molar-refractivity contribution in [1.29, 1.82) is 0 Å². The van der Waals surface area contributed by atoms with Gasteiger partial charge in [-0.3, -0.25) is 4.79 Å². The number of benzene rings is 1. The molecule has 120 valence electrons. The monoisotopic (exact) mass is 329 g/mol. The van der Waals surface area contributed by atoms with Crippen LogP contribution in [-0.2, 0) is 9.53 Å². The minimum atomic E-state index is -0.397. The van der Waals surface area contributed by atoms with Crippen LogP contribution in [0.3, 0.4) is 0 Å². The minimum Gasteiger partial charge on any atom is -0.459 e.